The van der Waals surface area contributed by atoms with Crippen LogP contribution in [0.5, 0.6) is 0 Å². The van der Waals surface area contributed by atoms with Crippen molar-refractivity contribution < 1.29 is 42.8 Å². The predicted octanol–water partition coefficient (Wildman–Crippen LogP) is 0.0757. The van der Waals surface area contributed by atoms with Crippen molar-refractivity contribution in [2.24, 2.45) is 0 Å². The van der Waals surface area contributed by atoms with Crippen LogP contribution in [0, 0.1) is 0 Å². The van der Waals surface area contributed by atoms with Crippen LogP contribution in [-0.4, -0.2) is 123 Å². The molecule has 2 amide bonds. The van der Waals surface area contributed by atoms with Gasteiger partial charge in [-0.3, -0.25) is 14.4 Å². The molecule has 0 saturated carbocycles. The topological polar surface area (TPSA) is 143 Å². The maximum Gasteiger partial charge on any atom is 0.222 e. The van der Waals surface area contributed by atoms with Crippen LogP contribution in [0.3, 0.4) is 0 Å². The maximum atomic E-state index is 11.7. The summed E-state index contributed by atoms with van der Waals surface area (Å²) in [6.45, 7) is 12.4. The minimum absolute atomic E-state index is 0.0867. The maximum absolute atomic E-state index is 11.7. The van der Waals surface area contributed by atoms with Gasteiger partial charge >= 0.3 is 0 Å². The zero-order valence-electron chi connectivity index (χ0n) is 23.0. The van der Waals surface area contributed by atoms with Crippen LogP contribution in [0.1, 0.15) is 40.0 Å². The van der Waals surface area contributed by atoms with Crippen LogP contribution in [0.2, 0.25) is 0 Å². The molecule has 12 heteroatoms. The van der Waals surface area contributed by atoms with Gasteiger partial charge in [-0.15, -0.1) is 0 Å². The van der Waals surface area contributed by atoms with Gasteiger partial charge in [0.25, 0.3) is 0 Å². The van der Waals surface area contributed by atoms with Gasteiger partial charge in [-0.2, -0.15) is 0 Å². The van der Waals surface area contributed by atoms with Gasteiger partial charge in [0, 0.05) is 44.9 Å². The van der Waals surface area contributed by atoms with E-state index in [2.05, 4.69) is 29.8 Å². The third kappa shape index (κ3) is 30.4. The van der Waals surface area contributed by atoms with E-state index in [-0.39, 0.29) is 24.0 Å². The summed E-state index contributed by atoms with van der Waals surface area (Å²) >= 11 is 0. The van der Waals surface area contributed by atoms with Crippen molar-refractivity contribution in [3.63, 3.8) is 0 Å². The Bertz CT molecular complexity index is 566. The zero-order valence-corrected chi connectivity index (χ0v) is 23.0. The van der Waals surface area contributed by atoms with Gasteiger partial charge in [0.15, 0.2) is 0 Å². The Labute approximate surface area is 221 Å². The molecule has 218 valence electrons. The summed E-state index contributed by atoms with van der Waals surface area (Å²) in [5, 5.41) is 8.77. The third-order valence-electron chi connectivity index (χ3n) is 4.60. The third-order valence-corrected chi connectivity index (χ3v) is 4.60. The smallest absolute Gasteiger partial charge is 0.222 e. The molecular weight excluding hydrogens is 486 g/mol. The van der Waals surface area contributed by atoms with Gasteiger partial charge in [-0.1, -0.05) is 13.8 Å². The molecule has 0 aliphatic rings. The van der Waals surface area contributed by atoms with E-state index in [0.717, 1.165) is 6.54 Å². The van der Waals surface area contributed by atoms with E-state index in [1.807, 2.05) is 0 Å². The second-order valence-corrected chi connectivity index (χ2v) is 8.43. The molecule has 0 aromatic rings. The fourth-order valence-corrected chi connectivity index (χ4v) is 2.63. The van der Waals surface area contributed by atoms with Crippen LogP contribution in [0.25, 0.3) is 0 Å². The Balaban J connectivity index is 3.27. The van der Waals surface area contributed by atoms with E-state index in [1.54, 1.807) is 0 Å². The number of carbonyl (C=O) groups is 3. The van der Waals surface area contributed by atoms with Gasteiger partial charge in [-0.05, 0) is 6.92 Å². The summed E-state index contributed by atoms with van der Waals surface area (Å²) < 4.78 is 32.1. The molecule has 0 atom stereocenters. The monoisotopic (exact) mass is 535 g/mol. The lowest BCUT2D eigenvalue weighted by Crippen LogP contribution is -2.29. The first kappa shape index (κ1) is 35.3. The number of carbonyl (C=O) groups excluding carboxylic acids is 3. The van der Waals surface area contributed by atoms with Gasteiger partial charge in [0.05, 0.1) is 79.3 Å². The van der Waals surface area contributed by atoms with E-state index in [1.165, 1.54) is 6.92 Å². The summed E-state index contributed by atoms with van der Waals surface area (Å²) in [6.07, 6.45) is 0.963. The first-order valence-electron chi connectivity index (χ1n) is 13.1. The van der Waals surface area contributed by atoms with Crippen molar-refractivity contribution in [3.8, 4) is 0 Å². The number of hydrogen-bond donors (Lipinski definition) is 3. The summed E-state index contributed by atoms with van der Waals surface area (Å²) in [5.74, 6) is -0.0984. The molecule has 0 rings (SSSR count). The van der Waals surface area contributed by atoms with Crippen LogP contribution < -0.4 is 16.0 Å². The van der Waals surface area contributed by atoms with E-state index in [0.29, 0.717) is 111 Å². The van der Waals surface area contributed by atoms with Crippen molar-refractivity contribution in [1.29, 1.82) is 0 Å². The zero-order chi connectivity index (χ0) is 27.4. The molecule has 37 heavy (non-hydrogen) atoms. The number of hydrogen-bond acceptors (Lipinski definition) is 10. The van der Waals surface area contributed by atoms with Crippen LogP contribution >= 0.6 is 0 Å². The summed E-state index contributed by atoms with van der Waals surface area (Å²) in [7, 11) is 0. The minimum Gasteiger partial charge on any atom is -0.379 e. The fourth-order valence-electron chi connectivity index (χ4n) is 2.63. The summed E-state index contributed by atoms with van der Waals surface area (Å²) in [5.41, 5.74) is 0. The highest BCUT2D eigenvalue weighted by atomic mass is 16.5. The number of nitrogens with one attached hydrogen (secondary N) is 3. The highest BCUT2D eigenvalue weighted by molar-refractivity contribution is 5.76. The molecule has 12 nitrogen and oxygen atoms in total. The van der Waals surface area contributed by atoms with Crippen molar-refractivity contribution in [2.45, 2.75) is 46.1 Å². The van der Waals surface area contributed by atoms with Crippen molar-refractivity contribution in [2.75, 3.05) is 98.9 Å². The Morgan fingerprint density at radius 2 is 0.865 bits per heavy atom. The first-order chi connectivity index (χ1) is 17.9. The highest BCUT2D eigenvalue weighted by Crippen LogP contribution is 1.88. The van der Waals surface area contributed by atoms with Gasteiger partial charge in [0.2, 0.25) is 11.8 Å². The molecule has 0 unspecified atom stereocenters. The van der Waals surface area contributed by atoms with Gasteiger partial charge in [0.1, 0.15) is 5.78 Å². The second-order valence-electron chi connectivity index (χ2n) is 8.43. The van der Waals surface area contributed by atoms with Crippen LogP contribution in [0.4, 0.5) is 0 Å². The lowest BCUT2D eigenvalue weighted by atomic mass is 10.3. The molecule has 3 N–H and O–H groups in total. The van der Waals surface area contributed by atoms with E-state index in [9.17, 15) is 14.4 Å². The molecule has 0 heterocycles. The number of Topliss-reactive ketones (excluding diaryl/α,β-unsaturated/α-hetero) is 1. The predicted molar refractivity (Wildman–Crippen MR) is 139 cm³/mol. The summed E-state index contributed by atoms with van der Waals surface area (Å²) in [6, 6.07) is 0.448. The fraction of sp³-hybridized carbons (Fsp3) is 0.880. The SMILES string of the molecule is CC(=O)CCOCCOCCNC(=O)CCOCCOCCNC(=O)CCOCCOCCNC(C)C. The Kier molecular flexibility index (Phi) is 26.1. The van der Waals surface area contributed by atoms with E-state index >= 15 is 0 Å². The Morgan fingerprint density at radius 1 is 0.514 bits per heavy atom. The van der Waals surface area contributed by atoms with Gasteiger partial charge in [-0.25, -0.2) is 0 Å². The Hall–Kier alpha value is -1.67. The van der Waals surface area contributed by atoms with Crippen molar-refractivity contribution >= 4 is 17.6 Å². The van der Waals surface area contributed by atoms with Crippen LogP contribution in [0.15, 0.2) is 0 Å². The second kappa shape index (κ2) is 27.4. The molecule has 0 bridgehead atoms. The van der Waals surface area contributed by atoms with Crippen LogP contribution in [-0.2, 0) is 42.8 Å². The summed E-state index contributed by atoms with van der Waals surface area (Å²) in [4.78, 5) is 34.2. The molecule has 0 fully saturated rings. The average Bonchev–Trinajstić information content (AvgIpc) is 2.85. The highest BCUT2D eigenvalue weighted by Gasteiger charge is 2.02. The molecular formula is C25H49N3O9. The first-order valence-corrected chi connectivity index (χ1v) is 13.1. The molecule has 0 aromatic heterocycles. The van der Waals surface area contributed by atoms with Crippen molar-refractivity contribution in [1.82, 2.24) is 16.0 Å². The van der Waals surface area contributed by atoms with Gasteiger partial charge < -0.3 is 44.4 Å². The molecule has 0 aliphatic carbocycles. The molecule has 0 aliphatic heterocycles. The Morgan fingerprint density at radius 3 is 1.24 bits per heavy atom. The average molecular weight is 536 g/mol. The molecule has 0 radical (unpaired) electrons. The number of rotatable bonds is 28. The molecule has 0 aromatic carbocycles. The standard InChI is InChI=1S/C25H49N3O9/c1-22(2)26-7-13-35-20-17-33-11-5-24(30)28-9-15-37-21-18-34-12-6-25(31)27-8-14-36-19-16-32-10-4-23(3)29/h22,26H,4-21H2,1-3H3,(H,27,31)(H,28,30). The molecule has 0 saturated heterocycles. The van der Waals surface area contributed by atoms with E-state index < -0.39 is 0 Å². The number of ether oxygens (including phenoxy) is 6. The van der Waals surface area contributed by atoms with Crippen molar-refractivity contribution in [3.05, 3.63) is 0 Å². The number of ketones is 1. The number of amides is 2. The quantitative estimate of drug-likeness (QED) is 0.118. The largest absolute Gasteiger partial charge is 0.379 e. The normalized spacial score (nSPS) is 11.1. The minimum atomic E-state index is -0.111. The lowest BCUT2D eigenvalue weighted by Gasteiger charge is -2.09. The lowest BCUT2D eigenvalue weighted by molar-refractivity contribution is -0.123. The molecule has 0 spiro atoms. The van der Waals surface area contributed by atoms with E-state index in [4.69, 9.17) is 28.4 Å².